The van der Waals surface area contributed by atoms with Crippen molar-refractivity contribution in [2.24, 2.45) is 0 Å². The van der Waals surface area contributed by atoms with Gasteiger partial charge in [0.2, 0.25) is 11.8 Å². The van der Waals surface area contributed by atoms with Gasteiger partial charge in [-0.25, -0.2) is 0 Å². The Morgan fingerprint density at radius 3 is 2.35 bits per heavy atom. The van der Waals surface area contributed by atoms with Crippen LogP contribution in [0.1, 0.15) is 39.5 Å². The molecule has 0 aromatic carbocycles. The molecule has 1 saturated carbocycles. The number of amides is 2. The van der Waals surface area contributed by atoms with Crippen LogP contribution in [0.5, 0.6) is 0 Å². The predicted molar refractivity (Wildman–Crippen MR) is 99.9 cm³/mol. The molecule has 0 radical (unpaired) electrons. The largest absolute Gasteiger partial charge is 0.374 e. The summed E-state index contributed by atoms with van der Waals surface area (Å²) in [6.07, 6.45) is 4.83. The average Bonchev–Trinajstić information content (AvgIpc) is 2.62. The summed E-state index contributed by atoms with van der Waals surface area (Å²) in [5.41, 5.74) is 0. The molecule has 0 spiro atoms. The summed E-state index contributed by atoms with van der Waals surface area (Å²) in [5.74, 6) is 0.331. The molecule has 3 aliphatic rings. The molecule has 7 heteroatoms. The smallest absolute Gasteiger partial charge is 0.237 e. The molecule has 2 unspecified atom stereocenters. The SMILES string of the molecule is CC(C)NC(=O)CN1CCN(CC(=O)N2CCOC3CCCCC32)CC1. The summed E-state index contributed by atoms with van der Waals surface area (Å²) < 4.78 is 5.88. The number of carbonyl (C=O) groups is 2. The van der Waals surface area contributed by atoms with Crippen LogP contribution in [0.25, 0.3) is 0 Å². The van der Waals surface area contributed by atoms with Gasteiger partial charge in [-0.2, -0.15) is 0 Å². The first-order valence-electron chi connectivity index (χ1n) is 10.2. The average molecular weight is 367 g/mol. The lowest BCUT2D eigenvalue weighted by Gasteiger charge is -2.44. The van der Waals surface area contributed by atoms with E-state index in [4.69, 9.17) is 4.74 Å². The quantitative estimate of drug-likeness (QED) is 0.758. The number of rotatable bonds is 5. The van der Waals surface area contributed by atoms with Gasteiger partial charge in [-0.15, -0.1) is 0 Å². The van der Waals surface area contributed by atoms with Gasteiger partial charge in [0, 0.05) is 38.8 Å². The van der Waals surface area contributed by atoms with E-state index >= 15 is 0 Å². The van der Waals surface area contributed by atoms with Crippen LogP contribution in [-0.2, 0) is 14.3 Å². The Labute approximate surface area is 157 Å². The third-order valence-corrected chi connectivity index (χ3v) is 5.69. The molecule has 3 fully saturated rings. The lowest BCUT2D eigenvalue weighted by molar-refractivity contribution is -0.151. The van der Waals surface area contributed by atoms with Crippen LogP contribution >= 0.6 is 0 Å². The van der Waals surface area contributed by atoms with Gasteiger partial charge in [-0.05, 0) is 26.7 Å². The normalized spacial score (nSPS) is 28.0. The van der Waals surface area contributed by atoms with Crippen molar-refractivity contribution in [3.8, 4) is 0 Å². The number of ether oxygens (including phenoxy) is 1. The van der Waals surface area contributed by atoms with Gasteiger partial charge in [-0.3, -0.25) is 19.4 Å². The van der Waals surface area contributed by atoms with E-state index in [-0.39, 0.29) is 30.0 Å². The lowest BCUT2D eigenvalue weighted by atomic mass is 9.90. The van der Waals surface area contributed by atoms with Crippen molar-refractivity contribution in [2.75, 3.05) is 52.4 Å². The zero-order chi connectivity index (χ0) is 18.5. The van der Waals surface area contributed by atoms with E-state index < -0.39 is 0 Å². The molecule has 0 aromatic rings. The zero-order valence-electron chi connectivity index (χ0n) is 16.3. The van der Waals surface area contributed by atoms with E-state index in [2.05, 4.69) is 20.0 Å². The van der Waals surface area contributed by atoms with Crippen molar-refractivity contribution in [3.05, 3.63) is 0 Å². The minimum absolute atomic E-state index is 0.0844. The van der Waals surface area contributed by atoms with Gasteiger partial charge >= 0.3 is 0 Å². The van der Waals surface area contributed by atoms with Crippen molar-refractivity contribution in [1.82, 2.24) is 20.0 Å². The number of fused-ring (bicyclic) bond motifs is 1. The molecule has 2 heterocycles. The Kier molecular flexibility index (Phi) is 6.89. The molecule has 2 amide bonds. The Balaban J connectivity index is 1.42. The molecular weight excluding hydrogens is 332 g/mol. The van der Waals surface area contributed by atoms with E-state index in [1.54, 1.807) is 0 Å². The molecule has 2 saturated heterocycles. The molecule has 0 aromatic heterocycles. The maximum Gasteiger partial charge on any atom is 0.237 e. The monoisotopic (exact) mass is 366 g/mol. The first-order chi connectivity index (χ1) is 12.5. The van der Waals surface area contributed by atoms with Crippen molar-refractivity contribution in [2.45, 2.75) is 57.7 Å². The number of carbonyl (C=O) groups excluding carboxylic acids is 2. The summed E-state index contributed by atoms with van der Waals surface area (Å²) in [7, 11) is 0. The second kappa shape index (κ2) is 9.15. The maximum atomic E-state index is 12.9. The standard InChI is InChI=1S/C19H34N4O3/c1-15(2)20-18(24)13-21-7-9-22(10-8-21)14-19(25)23-11-12-26-17-6-4-3-5-16(17)23/h15-17H,3-14H2,1-2H3,(H,20,24). The van der Waals surface area contributed by atoms with Gasteiger partial charge in [0.05, 0.1) is 31.8 Å². The molecule has 148 valence electrons. The number of nitrogens with zero attached hydrogens (tertiary/aromatic N) is 3. The lowest BCUT2D eigenvalue weighted by Crippen LogP contribution is -2.58. The van der Waals surface area contributed by atoms with Crippen molar-refractivity contribution >= 4 is 11.8 Å². The third kappa shape index (κ3) is 5.18. The molecule has 1 N–H and O–H groups in total. The van der Waals surface area contributed by atoms with Gasteiger partial charge in [-0.1, -0.05) is 12.8 Å². The molecule has 2 atom stereocenters. The molecule has 3 rings (SSSR count). The van der Waals surface area contributed by atoms with E-state index in [1.807, 2.05) is 13.8 Å². The second-order valence-electron chi connectivity index (χ2n) is 8.12. The fourth-order valence-electron chi connectivity index (χ4n) is 4.36. The minimum atomic E-state index is 0.0844. The van der Waals surface area contributed by atoms with Crippen molar-refractivity contribution in [3.63, 3.8) is 0 Å². The second-order valence-corrected chi connectivity index (χ2v) is 8.12. The molecule has 0 bridgehead atoms. The molecule has 1 aliphatic carbocycles. The summed E-state index contributed by atoms with van der Waals surface area (Å²) in [4.78, 5) is 31.2. The van der Waals surface area contributed by atoms with Crippen LogP contribution in [0.2, 0.25) is 0 Å². The fraction of sp³-hybridized carbons (Fsp3) is 0.895. The predicted octanol–water partition coefficient (Wildman–Crippen LogP) is 0.299. The summed E-state index contributed by atoms with van der Waals surface area (Å²) in [6, 6.07) is 0.463. The van der Waals surface area contributed by atoms with Gasteiger partial charge in [0.25, 0.3) is 0 Å². The minimum Gasteiger partial charge on any atom is -0.374 e. The summed E-state index contributed by atoms with van der Waals surface area (Å²) >= 11 is 0. The van der Waals surface area contributed by atoms with E-state index in [0.717, 1.165) is 45.6 Å². The number of morpholine rings is 1. The highest BCUT2D eigenvalue weighted by atomic mass is 16.5. The first kappa shape index (κ1) is 19.6. The highest BCUT2D eigenvalue weighted by molar-refractivity contribution is 5.79. The summed E-state index contributed by atoms with van der Waals surface area (Å²) in [5, 5.41) is 2.94. The van der Waals surface area contributed by atoms with Gasteiger partial charge in [0.15, 0.2) is 0 Å². The van der Waals surface area contributed by atoms with Gasteiger partial charge < -0.3 is 15.0 Å². The Hall–Kier alpha value is -1.18. The fourth-order valence-corrected chi connectivity index (χ4v) is 4.36. The zero-order valence-corrected chi connectivity index (χ0v) is 16.3. The van der Waals surface area contributed by atoms with Crippen LogP contribution < -0.4 is 5.32 Å². The molecule has 7 nitrogen and oxygen atoms in total. The first-order valence-corrected chi connectivity index (χ1v) is 10.2. The van der Waals surface area contributed by atoms with Gasteiger partial charge in [0.1, 0.15) is 0 Å². The van der Waals surface area contributed by atoms with E-state index in [1.165, 1.54) is 12.8 Å². The number of piperazine rings is 1. The highest BCUT2D eigenvalue weighted by Crippen LogP contribution is 2.28. The highest BCUT2D eigenvalue weighted by Gasteiger charge is 2.37. The van der Waals surface area contributed by atoms with Crippen molar-refractivity contribution in [1.29, 1.82) is 0 Å². The van der Waals surface area contributed by atoms with E-state index in [9.17, 15) is 9.59 Å². The maximum absolute atomic E-state index is 12.9. The van der Waals surface area contributed by atoms with Crippen LogP contribution in [0.15, 0.2) is 0 Å². The Morgan fingerprint density at radius 1 is 1.00 bits per heavy atom. The Morgan fingerprint density at radius 2 is 1.65 bits per heavy atom. The Bertz CT molecular complexity index is 489. The molecule has 2 aliphatic heterocycles. The van der Waals surface area contributed by atoms with E-state index in [0.29, 0.717) is 19.7 Å². The number of hydrogen-bond acceptors (Lipinski definition) is 5. The number of hydrogen-bond donors (Lipinski definition) is 1. The van der Waals surface area contributed by atoms with Crippen LogP contribution in [0.4, 0.5) is 0 Å². The molecule has 26 heavy (non-hydrogen) atoms. The van der Waals surface area contributed by atoms with Crippen molar-refractivity contribution < 1.29 is 14.3 Å². The van der Waals surface area contributed by atoms with Crippen LogP contribution in [0, 0.1) is 0 Å². The van der Waals surface area contributed by atoms with Crippen LogP contribution in [-0.4, -0.2) is 97.1 Å². The number of nitrogens with one attached hydrogen (secondary N) is 1. The van der Waals surface area contributed by atoms with Crippen LogP contribution in [0.3, 0.4) is 0 Å². The third-order valence-electron chi connectivity index (χ3n) is 5.69. The molecular formula is C19H34N4O3. The topological polar surface area (TPSA) is 65.1 Å². The summed E-state index contributed by atoms with van der Waals surface area (Å²) in [6.45, 7) is 9.68.